The molecule has 2 rings (SSSR count). The number of halogens is 1. The maximum Gasteiger partial charge on any atom is 0.0438 e. The van der Waals surface area contributed by atoms with Crippen molar-refractivity contribution in [3.8, 4) is 0 Å². The van der Waals surface area contributed by atoms with Crippen LogP contribution in [-0.4, -0.2) is 11.5 Å². The fourth-order valence-electron chi connectivity index (χ4n) is 2.26. The van der Waals surface area contributed by atoms with Crippen LogP contribution in [0.2, 0.25) is 5.02 Å². The average molecular weight is 275 g/mol. The Morgan fingerprint density at radius 1 is 1.26 bits per heavy atom. The highest BCUT2D eigenvalue weighted by Crippen LogP contribution is 2.24. The van der Waals surface area contributed by atoms with E-state index >= 15 is 0 Å². The fourth-order valence-corrected chi connectivity index (χ4v) is 2.48. The molecule has 1 aromatic carbocycles. The van der Waals surface area contributed by atoms with Crippen LogP contribution in [0.4, 0.5) is 0 Å². The van der Waals surface area contributed by atoms with Crippen LogP contribution < -0.4 is 5.32 Å². The zero-order valence-corrected chi connectivity index (χ0v) is 12.1. The van der Waals surface area contributed by atoms with Gasteiger partial charge in [-0.3, -0.25) is 4.98 Å². The maximum absolute atomic E-state index is 6.25. The SMILES string of the molecule is CCNC(Cc1ccccc1Cl)c1cnccc1C. The second kappa shape index (κ2) is 6.69. The molecule has 1 N–H and O–H groups in total. The summed E-state index contributed by atoms with van der Waals surface area (Å²) < 4.78 is 0. The molecule has 1 atom stereocenters. The Morgan fingerprint density at radius 3 is 2.74 bits per heavy atom. The van der Waals surface area contributed by atoms with Crippen molar-refractivity contribution in [2.75, 3.05) is 6.54 Å². The summed E-state index contributed by atoms with van der Waals surface area (Å²) in [5, 5.41) is 4.34. The molecule has 0 saturated carbocycles. The van der Waals surface area contributed by atoms with Gasteiger partial charge < -0.3 is 5.32 Å². The number of nitrogens with zero attached hydrogens (tertiary/aromatic N) is 1. The molecule has 19 heavy (non-hydrogen) atoms. The first kappa shape index (κ1) is 14.0. The molecular weight excluding hydrogens is 256 g/mol. The first-order valence-corrected chi connectivity index (χ1v) is 6.97. The molecule has 0 bridgehead atoms. The number of aryl methyl sites for hydroxylation is 1. The Labute approximate surface area is 119 Å². The van der Waals surface area contributed by atoms with Gasteiger partial charge in [-0.1, -0.05) is 36.7 Å². The number of aromatic nitrogens is 1. The van der Waals surface area contributed by atoms with Crippen LogP contribution in [-0.2, 0) is 6.42 Å². The number of pyridine rings is 1. The van der Waals surface area contributed by atoms with Gasteiger partial charge in [0.2, 0.25) is 0 Å². The van der Waals surface area contributed by atoms with E-state index in [2.05, 4.69) is 30.2 Å². The minimum atomic E-state index is 0.249. The predicted octanol–water partition coefficient (Wildman–Crippen LogP) is 3.94. The summed E-state index contributed by atoms with van der Waals surface area (Å²) in [5.74, 6) is 0. The summed E-state index contributed by atoms with van der Waals surface area (Å²) >= 11 is 6.25. The van der Waals surface area contributed by atoms with E-state index in [-0.39, 0.29) is 6.04 Å². The van der Waals surface area contributed by atoms with Gasteiger partial charge in [0.1, 0.15) is 0 Å². The fraction of sp³-hybridized carbons (Fsp3) is 0.312. The van der Waals surface area contributed by atoms with E-state index in [1.165, 1.54) is 16.7 Å². The lowest BCUT2D eigenvalue weighted by Crippen LogP contribution is -2.24. The van der Waals surface area contributed by atoms with Crippen molar-refractivity contribution in [3.63, 3.8) is 0 Å². The third-order valence-electron chi connectivity index (χ3n) is 3.29. The molecule has 0 radical (unpaired) electrons. The van der Waals surface area contributed by atoms with E-state index in [1.54, 1.807) is 0 Å². The topological polar surface area (TPSA) is 24.9 Å². The minimum absolute atomic E-state index is 0.249. The Balaban J connectivity index is 2.27. The molecule has 0 saturated heterocycles. The number of hydrogen-bond donors (Lipinski definition) is 1. The van der Waals surface area contributed by atoms with Gasteiger partial charge in [0, 0.05) is 23.5 Å². The van der Waals surface area contributed by atoms with Gasteiger partial charge in [-0.15, -0.1) is 0 Å². The van der Waals surface area contributed by atoms with Gasteiger partial charge in [0.05, 0.1) is 0 Å². The molecule has 0 amide bonds. The number of benzene rings is 1. The molecule has 100 valence electrons. The van der Waals surface area contributed by atoms with Crippen LogP contribution in [0.25, 0.3) is 0 Å². The molecule has 0 spiro atoms. The minimum Gasteiger partial charge on any atom is -0.310 e. The van der Waals surface area contributed by atoms with Crippen LogP contribution in [0.1, 0.15) is 29.7 Å². The molecule has 0 fully saturated rings. The molecule has 0 aliphatic rings. The smallest absolute Gasteiger partial charge is 0.0438 e. The second-order valence-electron chi connectivity index (χ2n) is 4.64. The van der Waals surface area contributed by atoms with Crippen LogP contribution in [0.3, 0.4) is 0 Å². The van der Waals surface area contributed by atoms with Crippen molar-refractivity contribution in [1.29, 1.82) is 0 Å². The van der Waals surface area contributed by atoms with Crippen LogP contribution >= 0.6 is 11.6 Å². The summed E-state index contributed by atoms with van der Waals surface area (Å²) in [7, 11) is 0. The molecule has 1 unspecified atom stereocenters. The van der Waals surface area contributed by atoms with Crippen LogP contribution in [0, 0.1) is 6.92 Å². The highest BCUT2D eigenvalue weighted by molar-refractivity contribution is 6.31. The third kappa shape index (κ3) is 3.55. The van der Waals surface area contributed by atoms with E-state index in [0.29, 0.717) is 0 Å². The number of likely N-dealkylation sites (N-methyl/N-ethyl adjacent to an activating group) is 1. The highest BCUT2D eigenvalue weighted by Gasteiger charge is 2.14. The summed E-state index contributed by atoms with van der Waals surface area (Å²) in [5.41, 5.74) is 3.66. The molecule has 1 heterocycles. The molecule has 2 nitrogen and oxygen atoms in total. The van der Waals surface area contributed by atoms with E-state index in [0.717, 1.165) is 18.0 Å². The van der Waals surface area contributed by atoms with Crippen molar-refractivity contribution in [2.24, 2.45) is 0 Å². The number of hydrogen-bond acceptors (Lipinski definition) is 2. The first-order chi connectivity index (χ1) is 9.22. The Morgan fingerprint density at radius 2 is 2.05 bits per heavy atom. The lowest BCUT2D eigenvalue weighted by molar-refractivity contribution is 0.546. The van der Waals surface area contributed by atoms with E-state index in [9.17, 15) is 0 Å². The van der Waals surface area contributed by atoms with Gasteiger partial charge in [-0.25, -0.2) is 0 Å². The molecule has 3 heteroatoms. The first-order valence-electron chi connectivity index (χ1n) is 6.59. The average Bonchev–Trinajstić information content (AvgIpc) is 2.41. The molecule has 2 aromatic rings. The van der Waals surface area contributed by atoms with E-state index < -0.39 is 0 Å². The summed E-state index contributed by atoms with van der Waals surface area (Å²) in [6.45, 7) is 5.16. The standard InChI is InChI=1S/C16H19ClN2/c1-3-19-16(14-11-18-9-8-12(14)2)10-13-6-4-5-7-15(13)17/h4-9,11,16,19H,3,10H2,1-2H3. The van der Waals surface area contributed by atoms with Crippen molar-refractivity contribution in [2.45, 2.75) is 26.3 Å². The van der Waals surface area contributed by atoms with Gasteiger partial charge >= 0.3 is 0 Å². The second-order valence-corrected chi connectivity index (χ2v) is 5.05. The van der Waals surface area contributed by atoms with Crippen molar-refractivity contribution in [1.82, 2.24) is 10.3 Å². The highest BCUT2D eigenvalue weighted by atomic mass is 35.5. The maximum atomic E-state index is 6.25. The monoisotopic (exact) mass is 274 g/mol. The van der Waals surface area contributed by atoms with Crippen molar-refractivity contribution < 1.29 is 0 Å². The predicted molar refractivity (Wildman–Crippen MR) is 80.5 cm³/mol. The Bertz CT molecular complexity index is 540. The van der Waals surface area contributed by atoms with Gasteiger partial charge in [-0.2, -0.15) is 0 Å². The van der Waals surface area contributed by atoms with Crippen molar-refractivity contribution >= 4 is 11.6 Å². The quantitative estimate of drug-likeness (QED) is 0.893. The normalized spacial score (nSPS) is 12.4. The molecule has 1 aromatic heterocycles. The Kier molecular flexibility index (Phi) is 4.94. The summed E-state index contributed by atoms with van der Waals surface area (Å²) in [6.07, 6.45) is 4.65. The van der Waals surface area contributed by atoms with Crippen LogP contribution in [0.5, 0.6) is 0 Å². The summed E-state index contributed by atoms with van der Waals surface area (Å²) in [4.78, 5) is 4.24. The van der Waals surface area contributed by atoms with Gasteiger partial charge in [-0.05, 0) is 48.7 Å². The molecular formula is C16H19ClN2. The molecule has 0 aliphatic carbocycles. The third-order valence-corrected chi connectivity index (χ3v) is 3.66. The van der Waals surface area contributed by atoms with Gasteiger partial charge in [0.25, 0.3) is 0 Å². The van der Waals surface area contributed by atoms with E-state index in [1.807, 2.05) is 36.7 Å². The Hall–Kier alpha value is -1.38. The van der Waals surface area contributed by atoms with Crippen LogP contribution in [0.15, 0.2) is 42.7 Å². The number of nitrogens with one attached hydrogen (secondary N) is 1. The zero-order chi connectivity index (χ0) is 13.7. The number of rotatable bonds is 5. The van der Waals surface area contributed by atoms with E-state index in [4.69, 9.17) is 11.6 Å². The van der Waals surface area contributed by atoms with Gasteiger partial charge in [0.15, 0.2) is 0 Å². The lowest BCUT2D eigenvalue weighted by Gasteiger charge is -2.20. The lowest BCUT2D eigenvalue weighted by atomic mass is 9.97. The summed E-state index contributed by atoms with van der Waals surface area (Å²) in [6, 6.07) is 10.3. The largest absolute Gasteiger partial charge is 0.310 e. The van der Waals surface area contributed by atoms with Crippen molar-refractivity contribution in [3.05, 3.63) is 64.4 Å². The zero-order valence-electron chi connectivity index (χ0n) is 11.4. The molecule has 0 aliphatic heterocycles.